The van der Waals surface area contributed by atoms with Crippen molar-refractivity contribution in [2.45, 2.75) is 19.9 Å². The van der Waals surface area contributed by atoms with Crippen LogP contribution in [0.2, 0.25) is 5.02 Å². The third-order valence-corrected chi connectivity index (χ3v) is 2.41. The molecule has 0 aliphatic carbocycles. The van der Waals surface area contributed by atoms with Gasteiger partial charge in [0.05, 0.1) is 10.7 Å². The predicted octanol–water partition coefficient (Wildman–Crippen LogP) is 0.998. The van der Waals surface area contributed by atoms with Gasteiger partial charge in [-0.25, -0.2) is 0 Å². The second kappa shape index (κ2) is 6.50. The van der Waals surface area contributed by atoms with Gasteiger partial charge in [0.2, 0.25) is 5.91 Å². The van der Waals surface area contributed by atoms with Gasteiger partial charge in [0.15, 0.2) is 0 Å². The van der Waals surface area contributed by atoms with E-state index < -0.39 is 0 Å². The molecule has 0 aliphatic heterocycles. The zero-order valence-corrected chi connectivity index (χ0v) is 10.3. The number of hydrogen-bond donors (Lipinski definition) is 1. The molecule has 0 aliphatic rings. The van der Waals surface area contributed by atoms with Crippen LogP contribution >= 0.6 is 11.6 Å². The summed E-state index contributed by atoms with van der Waals surface area (Å²) in [6.07, 6.45) is 2.45. The minimum Gasteiger partial charge on any atom is -0.385 e. The van der Waals surface area contributed by atoms with Crippen molar-refractivity contribution >= 4 is 17.5 Å². The first kappa shape index (κ1) is 13.0. The number of nitrogens with zero attached hydrogens (tertiary/aromatic N) is 2. The third-order valence-electron chi connectivity index (χ3n) is 2.04. The Bertz CT molecular complexity index is 332. The van der Waals surface area contributed by atoms with Gasteiger partial charge >= 0.3 is 0 Å². The Kier molecular flexibility index (Phi) is 5.28. The maximum Gasteiger partial charge on any atom is 0.241 e. The fraction of sp³-hybridized carbons (Fsp3) is 0.600. The maximum atomic E-state index is 11.4. The van der Waals surface area contributed by atoms with Crippen LogP contribution in [-0.2, 0) is 16.1 Å². The molecule has 5 nitrogen and oxygen atoms in total. The minimum absolute atomic E-state index is 0.0738. The average Bonchev–Trinajstić information content (AvgIpc) is 2.53. The Hall–Kier alpha value is -1.07. The van der Waals surface area contributed by atoms with Gasteiger partial charge in [-0.2, -0.15) is 5.10 Å². The lowest BCUT2D eigenvalue weighted by molar-refractivity contribution is -0.121. The van der Waals surface area contributed by atoms with Crippen LogP contribution in [0.5, 0.6) is 0 Å². The summed E-state index contributed by atoms with van der Waals surface area (Å²) in [7, 11) is 1.64. The molecule has 90 valence electrons. The van der Waals surface area contributed by atoms with E-state index in [4.69, 9.17) is 16.3 Å². The second-order valence-electron chi connectivity index (χ2n) is 3.46. The fourth-order valence-electron chi connectivity index (χ4n) is 1.22. The lowest BCUT2D eigenvalue weighted by Crippen LogP contribution is -2.29. The van der Waals surface area contributed by atoms with Crippen LogP contribution in [0.1, 0.15) is 12.1 Å². The molecule has 6 heteroatoms. The SMILES string of the molecule is COCCCNC(=O)Cn1cc(Cl)c(C)n1. The Morgan fingerprint density at radius 3 is 3.00 bits per heavy atom. The first-order valence-corrected chi connectivity index (χ1v) is 5.46. The zero-order valence-electron chi connectivity index (χ0n) is 9.49. The summed E-state index contributed by atoms with van der Waals surface area (Å²) in [6.45, 7) is 3.25. The highest BCUT2D eigenvalue weighted by Gasteiger charge is 2.05. The number of nitrogens with one attached hydrogen (secondary N) is 1. The molecule has 0 saturated heterocycles. The van der Waals surface area contributed by atoms with E-state index in [2.05, 4.69) is 10.4 Å². The zero-order chi connectivity index (χ0) is 12.0. The van der Waals surface area contributed by atoms with Gasteiger partial charge in [-0.3, -0.25) is 9.48 Å². The number of aryl methyl sites for hydroxylation is 1. The lowest BCUT2D eigenvalue weighted by Gasteiger charge is -2.04. The first-order valence-electron chi connectivity index (χ1n) is 5.08. The smallest absolute Gasteiger partial charge is 0.241 e. The van der Waals surface area contributed by atoms with E-state index in [0.717, 1.165) is 12.1 Å². The van der Waals surface area contributed by atoms with Crippen molar-refractivity contribution in [1.29, 1.82) is 0 Å². The van der Waals surface area contributed by atoms with Crippen LogP contribution in [0, 0.1) is 6.92 Å². The number of amides is 1. The van der Waals surface area contributed by atoms with E-state index >= 15 is 0 Å². The van der Waals surface area contributed by atoms with Crippen LogP contribution in [0.4, 0.5) is 0 Å². The first-order chi connectivity index (χ1) is 7.63. The summed E-state index contributed by atoms with van der Waals surface area (Å²) in [6, 6.07) is 0. The van der Waals surface area contributed by atoms with Crippen LogP contribution in [0.15, 0.2) is 6.20 Å². The molecule has 1 aromatic heterocycles. The van der Waals surface area contributed by atoms with Crippen molar-refractivity contribution < 1.29 is 9.53 Å². The van der Waals surface area contributed by atoms with Crippen molar-refractivity contribution in [3.8, 4) is 0 Å². The van der Waals surface area contributed by atoms with Gasteiger partial charge in [-0.1, -0.05) is 11.6 Å². The molecule has 0 atom stereocenters. The summed E-state index contributed by atoms with van der Waals surface area (Å²) >= 11 is 5.83. The van der Waals surface area contributed by atoms with Crippen LogP contribution in [-0.4, -0.2) is 35.9 Å². The molecule has 0 aromatic carbocycles. The van der Waals surface area contributed by atoms with Gasteiger partial charge in [-0.15, -0.1) is 0 Å². The molecule has 1 N–H and O–H groups in total. The molecule has 0 unspecified atom stereocenters. The quantitative estimate of drug-likeness (QED) is 0.761. The van der Waals surface area contributed by atoms with Gasteiger partial charge in [0.1, 0.15) is 6.54 Å². The van der Waals surface area contributed by atoms with Crippen molar-refractivity contribution in [3.63, 3.8) is 0 Å². The molecular weight excluding hydrogens is 230 g/mol. The lowest BCUT2D eigenvalue weighted by atomic mass is 10.4. The number of carbonyl (C=O) groups excluding carboxylic acids is 1. The van der Waals surface area contributed by atoms with Crippen molar-refractivity contribution in [2.75, 3.05) is 20.3 Å². The topological polar surface area (TPSA) is 56.1 Å². The molecule has 1 rings (SSSR count). The van der Waals surface area contributed by atoms with E-state index in [1.165, 1.54) is 4.68 Å². The predicted molar refractivity (Wildman–Crippen MR) is 61.5 cm³/mol. The highest BCUT2D eigenvalue weighted by molar-refractivity contribution is 6.31. The standard InChI is InChI=1S/C10H16ClN3O2/c1-8-9(11)6-14(13-8)7-10(15)12-4-3-5-16-2/h6H,3-5,7H2,1-2H3,(H,12,15). The summed E-state index contributed by atoms with van der Waals surface area (Å²) in [4.78, 5) is 11.4. The Morgan fingerprint density at radius 1 is 1.69 bits per heavy atom. The normalized spacial score (nSPS) is 10.4. The molecule has 0 saturated carbocycles. The molecule has 1 amide bonds. The summed E-state index contributed by atoms with van der Waals surface area (Å²) in [5, 5.41) is 7.44. The van der Waals surface area contributed by atoms with E-state index in [1.807, 2.05) is 0 Å². The molecular formula is C10H16ClN3O2. The van der Waals surface area contributed by atoms with E-state index in [9.17, 15) is 4.79 Å². The van der Waals surface area contributed by atoms with Crippen molar-refractivity contribution in [1.82, 2.24) is 15.1 Å². The van der Waals surface area contributed by atoms with Crippen molar-refractivity contribution in [2.24, 2.45) is 0 Å². The largest absolute Gasteiger partial charge is 0.385 e. The second-order valence-corrected chi connectivity index (χ2v) is 3.86. The monoisotopic (exact) mass is 245 g/mol. The molecule has 0 spiro atoms. The number of carbonyl (C=O) groups is 1. The van der Waals surface area contributed by atoms with Crippen LogP contribution in [0.3, 0.4) is 0 Å². The molecule has 0 bridgehead atoms. The highest BCUT2D eigenvalue weighted by atomic mass is 35.5. The third kappa shape index (κ3) is 4.20. The molecule has 1 aromatic rings. The summed E-state index contributed by atoms with van der Waals surface area (Å²) in [5.41, 5.74) is 0.730. The van der Waals surface area contributed by atoms with Gasteiger partial charge < -0.3 is 10.1 Å². The van der Waals surface area contributed by atoms with Crippen LogP contribution in [0.25, 0.3) is 0 Å². The number of rotatable bonds is 6. The Labute approximate surface area is 99.7 Å². The maximum absolute atomic E-state index is 11.4. The van der Waals surface area contributed by atoms with Gasteiger partial charge in [0, 0.05) is 26.5 Å². The Morgan fingerprint density at radius 2 is 2.44 bits per heavy atom. The molecule has 1 heterocycles. The fourth-order valence-corrected chi connectivity index (χ4v) is 1.37. The number of methoxy groups -OCH3 is 1. The summed E-state index contributed by atoms with van der Waals surface area (Å²) in [5.74, 6) is -0.0738. The average molecular weight is 246 g/mol. The van der Waals surface area contributed by atoms with E-state index in [-0.39, 0.29) is 12.5 Å². The van der Waals surface area contributed by atoms with Gasteiger partial charge in [-0.05, 0) is 13.3 Å². The van der Waals surface area contributed by atoms with E-state index in [0.29, 0.717) is 18.2 Å². The minimum atomic E-state index is -0.0738. The number of ether oxygens (including phenoxy) is 1. The highest BCUT2D eigenvalue weighted by Crippen LogP contribution is 2.11. The number of halogens is 1. The summed E-state index contributed by atoms with van der Waals surface area (Å²) < 4.78 is 6.41. The molecule has 16 heavy (non-hydrogen) atoms. The van der Waals surface area contributed by atoms with Crippen molar-refractivity contribution in [3.05, 3.63) is 16.9 Å². The van der Waals surface area contributed by atoms with Crippen LogP contribution < -0.4 is 5.32 Å². The Balaban J connectivity index is 2.28. The van der Waals surface area contributed by atoms with Gasteiger partial charge in [0.25, 0.3) is 0 Å². The molecule has 0 fully saturated rings. The number of hydrogen-bond acceptors (Lipinski definition) is 3. The molecule has 0 radical (unpaired) electrons. The van der Waals surface area contributed by atoms with E-state index in [1.54, 1.807) is 20.2 Å². The number of aromatic nitrogens is 2.